The average Bonchev–Trinajstić information content (AvgIpc) is 3.82. The fraction of sp³-hybridized carbons (Fsp3) is 0.233. The third kappa shape index (κ3) is 5.30. The fourth-order valence-corrected chi connectivity index (χ4v) is 5.39. The van der Waals surface area contributed by atoms with Crippen molar-refractivity contribution < 1.29 is 18.0 Å². The number of carbonyl (C=O) groups is 1. The van der Waals surface area contributed by atoms with E-state index in [1.807, 2.05) is 67.8 Å². The number of alkyl halides is 2. The van der Waals surface area contributed by atoms with Gasteiger partial charge in [0, 0.05) is 56.7 Å². The van der Waals surface area contributed by atoms with Gasteiger partial charge in [0.1, 0.15) is 11.2 Å². The predicted octanol–water partition coefficient (Wildman–Crippen LogP) is 4.22. The minimum absolute atomic E-state index is 0.177. The quantitative estimate of drug-likeness (QED) is 0.266. The molecule has 0 bridgehead atoms. The van der Waals surface area contributed by atoms with Crippen LogP contribution in [0.3, 0.4) is 0 Å². The minimum atomic E-state index is -2.88. The summed E-state index contributed by atoms with van der Waals surface area (Å²) in [7, 11) is 1.86. The van der Waals surface area contributed by atoms with Crippen LogP contribution >= 0.6 is 0 Å². The van der Waals surface area contributed by atoms with Crippen LogP contribution in [0, 0.1) is 0 Å². The first-order valence-electron chi connectivity index (χ1n) is 14.0. The number of aryl methyl sites for hydroxylation is 1. The molecule has 1 unspecified atom stereocenters. The Morgan fingerprint density at radius 1 is 0.932 bits per heavy atom. The summed E-state index contributed by atoms with van der Waals surface area (Å²) in [5.74, 6) is 0.337. The highest BCUT2D eigenvalue weighted by molar-refractivity contribution is 5.93. The Morgan fingerprint density at radius 3 is 2.48 bits per heavy atom. The number of hydrogen-bond donors (Lipinski definition) is 0. The van der Waals surface area contributed by atoms with E-state index in [2.05, 4.69) is 35.4 Å². The monoisotopic (exact) mass is 596 g/mol. The molecule has 0 radical (unpaired) electrons. The molecule has 1 atom stereocenters. The average molecular weight is 597 g/mol. The first kappa shape index (κ1) is 27.5. The molecule has 1 saturated heterocycles. The van der Waals surface area contributed by atoms with Crippen LogP contribution in [-0.4, -0.2) is 81.8 Å². The minimum Gasteiger partial charge on any atom is -0.436 e. The Balaban J connectivity index is 1.08. The van der Waals surface area contributed by atoms with Crippen molar-refractivity contribution in [2.75, 3.05) is 26.2 Å². The summed E-state index contributed by atoms with van der Waals surface area (Å²) in [5, 5.41) is 15.8. The predicted molar refractivity (Wildman–Crippen MR) is 154 cm³/mol. The number of rotatable bonds is 7. The van der Waals surface area contributed by atoms with Crippen LogP contribution in [0.15, 0.2) is 83.5 Å². The number of benzene rings is 2. The molecule has 4 aromatic heterocycles. The molecule has 5 heterocycles. The van der Waals surface area contributed by atoms with E-state index < -0.39 is 12.6 Å². The number of fused-ring (bicyclic) bond motifs is 1. The maximum atomic E-state index is 13.5. The molecule has 7 rings (SSSR count). The molecule has 0 saturated carbocycles. The van der Waals surface area contributed by atoms with Gasteiger partial charge >= 0.3 is 6.55 Å². The standard InChI is InChI=1S/C30H26F2N10O2/c1-39-12-10-22(36-39)20-7-8-25-23(17-20)34-28(44-25)21-9-11-33-24(18-21)29(43)41-15-13-40(14-16-41)26(19-5-3-2-4-6-19)27-35-38-42(37-27)30(31)32/h2-12,17-18,26,30H,13-16H2,1H3. The van der Waals surface area contributed by atoms with Crippen molar-refractivity contribution in [1.29, 1.82) is 0 Å². The lowest BCUT2D eigenvalue weighted by Gasteiger charge is -2.38. The molecule has 222 valence electrons. The summed E-state index contributed by atoms with van der Waals surface area (Å²) in [6, 6.07) is 20.0. The molecular formula is C30H26F2N10O2. The topological polar surface area (TPSA) is 124 Å². The largest absolute Gasteiger partial charge is 0.436 e. The van der Waals surface area contributed by atoms with Crippen molar-refractivity contribution in [3.05, 3.63) is 96.2 Å². The third-order valence-corrected chi connectivity index (χ3v) is 7.57. The Kier molecular flexibility index (Phi) is 7.10. The van der Waals surface area contributed by atoms with Crippen molar-refractivity contribution in [3.8, 4) is 22.7 Å². The maximum Gasteiger partial charge on any atom is 0.350 e. The zero-order valence-corrected chi connectivity index (χ0v) is 23.5. The van der Waals surface area contributed by atoms with Crippen LogP contribution < -0.4 is 0 Å². The Hall–Kier alpha value is -5.37. The Morgan fingerprint density at radius 2 is 1.75 bits per heavy atom. The van der Waals surface area contributed by atoms with Gasteiger partial charge < -0.3 is 9.32 Å². The van der Waals surface area contributed by atoms with E-state index in [1.165, 1.54) is 0 Å². The van der Waals surface area contributed by atoms with Crippen molar-refractivity contribution in [3.63, 3.8) is 0 Å². The smallest absolute Gasteiger partial charge is 0.350 e. The van der Waals surface area contributed by atoms with Gasteiger partial charge in [0.05, 0.1) is 11.7 Å². The van der Waals surface area contributed by atoms with E-state index in [0.717, 1.165) is 16.8 Å². The summed E-state index contributed by atoms with van der Waals surface area (Å²) in [6.45, 7) is -1.15. The molecular weight excluding hydrogens is 570 g/mol. The number of oxazole rings is 1. The summed E-state index contributed by atoms with van der Waals surface area (Å²) < 4.78 is 34.1. The van der Waals surface area contributed by atoms with Gasteiger partial charge in [-0.05, 0) is 47.2 Å². The van der Waals surface area contributed by atoms with Crippen molar-refractivity contribution in [2.24, 2.45) is 7.05 Å². The molecule has 0 aliphatic carbocycles. The first-order chi connectivity index (χ1) is 21.4. The van der Waals surface area contributed by atoms with Gasteiger partial charge in [0.2, 0.25) is 5.89 Å². The van der Waals surface area contributed by atoms with Gasteiger partial charge in [-0.15, -0.1) is 10.2 Å². The second-order valence-electron chi connectivity index (χ2n) is 10.4. The van der Waals surface area contributed by atoms with Crippen LogP contribution in [0.25, 0.3) is 33.8 Å². The molecule has 6 aromatic rings. The molecule has 0 N–H and O–H groups in total. The second kappa shape index (κ2) is 11.4. The highest BCUT2D eigenvalue weighted by Crippen LogP contribution is 2.30. The number of carbonyl (C=O) groups excluding carboxylic acids is 1. The third-order valence-electron chi connectivity index (χ3n) is 7.57. The van der Waals surface area contributed by atoms with E-state index >= 15 is 0 Å². The molecule has 1 amide bonds. The number of tetrazole rings is 1. The SMILES string of the molecule is Cn1ccc(-c2ccc3oc(-c4ccnc(C(=O)N5CCN(C(c6ccccc6)c6nnn(C(F)F)n6)CC5)c4)nc3c2)n1. The molecule has 14 heteroatoms. The van der Waals surface area contributed by atoms with Gasteiger partial charge in [0.25, 0.3) is 5.91 Å². The van der Waals surface area contributed by atoms with Crippen LogP contribution in [0.4, 0.5) is 8.78 Å². The second-order valence-corrected chi connectivity index (χ2v) is 10.4. The molecule has 2 aromatic carbocycles. The lowest BCUT2D eigenvalue weighted by molar-refractivity contribution is 0.0385. The molecule has 12 nitrogen and oxygen atoms in total. The lowest BCUT2D eigenvalue weighted by Crippen LogP contribution is -2.50. The summed E-state index contributed by atoms with van der Waals surface area (Å²) in [5.41, 5.74) is 4.81. The molecule has 0 spiro atoms. The number of pyridine rings is 1. The summed E-state index contributed by atoms with van der Waals surface area (Å²) in [4.78, 5) is 26.6. The highest BCUT2D eigenvalue weighted by Gasteiger charge is 2.32. The van der Waals surface area contributed by atoms with Crippen LogP contribution in [0.2, 0.25) is 0 Å². The number of hydrogen-bond acceptors (Lipinski definition) is 9. The molecule has 44 heavy (non-hydrogen) atoms. The van der Waals surface area contributed by atoms with Crippen molar-refractivity contribution >= 4 is 17.0 Å². The molecule has 1 aliphatic rings. The summed E-state index contributed by atoms with van der Waals surface area (Å²) >= 11 is 0. The van der Waals surface area contributed by atoms with E-state index in [9.17, 15) is 13.6 Å². The van der Waals surface area contributed by atoms with Gasteiger partial charge in [0.15, 0.2) is 11.4 Å². The van der Waals surface area contributed by atoms with E-state index in [0.29, 0.717) is 53.5 Å². The van der Waals surface area contributed by atoms with E-state index in [-0.39, 0.29) is 17.4 Å². The normalized spacial score (nSPS) is 14.9. The van der Waals surface area contributed by atoms with Crippen LogP contribution in [0.1, 0.15) is 34.5 Å². The number of amides is 1. The lowest BCUT2D eigenvalue weighted by atomic mass is 10.0. The van der Waals surface area contributed by atoms with E-state index in [4.69, 9.17) is 4.42 Å². The summed E-state index contributed by atoms with van der Waals surface area (Å²) in [6.07, 6.45) is 3.45. The number of nitrogens with zero attached hydrogens (tertiary/aromatic N) is 10. The van der Waals surface area contributed by atoms with Crippen molar-refractivity contribution in [2.45, 2.75) is 12.6 Å². The van der Waals surface area contributed by atoms with Crippen LogP contribution in [0.5, 0.6) is 0 Å². The number of piperazine rings is 1. The molecule has 1 fully saturated rings. The highest BCUT2D eigenvalue weighted by atomic mass is 19.3. The maximum absolute atomic E-state index is 13.5. The van der Waals surface area contributed by atoms with Gasteiger partial charge in [-0.2, -0.15) is 13.9 Å². The zero-order chi connectivity index (χ0) is 30.2. The van der Waals surface area contributed by atoms with Crippen molar-refractivity contribution in [1.82, 2.24) is 49.8 Å². The fourth-order valence-electron chi connectivity index (χ4n) is 5.39. The zero-order valence-electron chi connectivity index (χ0n) is 23.5. The number of halogens is 2. The Labute approximate surface area is 249 Å². The Bertz CT molecular complexity index is 1930. The molecule has 1 aliphatic heterocycles. The van der Waals surface area contributed by atoms with E-state index in [1.54, 1.807) is 27.9 Å². The first-order valence-corrected chi connectivity index (χ1v) is 14.0. The van der Waals surface area contributed by atoms with Gasteiger partial charge in [-0.25, -0.2) is 4.98 Å². The number of aromatic nitrogens is 8. The van der Waals surface area contributed by atoms with Gasteiger partial charge in [-0.3, -0.25) is 19.4 Å². The van der Waals surface area contributed by atoms with Crippen LogP contribution in [-0.2, 0) is 7.05 Å². The van der Waals surface area contributed by atoms with Gasteiger partial charge in [-0.1, -0.05) is 35.1 Å².